The van der Waals surface area contributed by atoms with Crippen molar-refractivity contribution in [2.24, 2.45) is 0 Å². The molecule has 5 N–H and O–H groups in total. The smallest absolute Gasteiger partial charge is 0.343 e. The number of aliphatic hydroxyl groups excluding tert-OH is 2. The Morgan fingerprint density at radius 3 is 2.58 bits per heavy atom. The number of nitrogens with one attached hydrogen (secondary N) is 1. The topological polar surface area (TPSA) is 197 Å². The van der Waals surface area contributed by atoms with Crippen LogP contribution in [0.4, 0.5) is 5.82 Å². The Morgan fingerprint density at radius 2 is 1.94 bits per heavy atom. The first-order valence-electron chi connectivity index (χ1n) is 10.3. The zero-order valence-electron chi connectivity index (χ0n) is 17.5. The van der Waals surface area contributed by atoms with Gasteiger partial charge in [-0.15, -0.1) is 0 Å². The van der Waals surface area contributed by atoms with Gasteiger partial charge in [-0.25, -0.2) is 13.1 Å². The summed E-state index contributed by atoms with van der Waals surface area (Å²) in [5.74, 6) is -0.442. The average Bonchev–Trinajstić information content (AvgIpc) is 3.43. The second-order valence-electron chi connectivity index (χ2n) is 8.36. The summed E-state index contributed by atoms with van der Waals surface area (Å²) in [5.41, 5.74) is 0.207. The molecule has 1 aliphatic heterocycles. The van der Waals surface area contributed by atoms with E-state index in [1.54, 1.807) is 0 Å². The second kappa shape index (κ2) is 9.00. The first-order chi connectivity index (χ1) is 15.4. The van der Waals surface area contributed by atoms with Gasteiger partial charge < -0.3 is 30.1 Å². The van der Waals surface area contributed by atoms with Crippen LogP contribution in [-0.4, -0.2) is 83.3 Å². The lowest BCUT2D eigenvalue weighted by atomic mass is 10.1. The number of ether oxygens (including phenoxy) is 1. The number of nitrogens with zero attached hydrogens (tertiary/aromatic N) is 4. The maximum atomic E-state index is 12.4. The largest absolute Gasteiger partial charge is 0.387 e. The fourth-order valence-corrected chi connectivity index (χ4v) is 7.21. The Kier molecular flexibility index (Phi) is 6.75. The van der Waals surface area contributed by atoms with Crippen molar-refractivity contribution in [3.8, 4) is 0 Å². The van der Waals surface area contributed by atoms with Crippen LogP contribution < -0.4 is 5.32 Å². The van der Waals surface area contributed by atoms with Crippen LogP contribution in [0, 0.1) is 0 Å². The van der Waals surface area contributed by atoms with E-state index in [-0.39, 0.29) is 17.0 Å². The highest BCUT2D eigenvalue weighted by atomic mass is 35.5. The van der Waals surface area contributed by atoms with Crippen molar-refractivity contribution in [1.82, 2.24) is 19.7 Å². The van der Waals surface area contributed by atoms with Crippen LogP contribution in [0.5, 0.6) is 0 Å². The third-order valence-electron chi connectivity index (χ3n) is 6.09. The lowest BCUT2D eigenvalue weighted by molar-refractivity contribution is -0.0364. The van der Waals surface area contributed by atoms with E-state index in [2.05, 4.69) is 20.4 Å². The van der Waals surface area contributed by atoms with Crippen LogP contribution >= 0.6 is 19.2 Å². The molecule has 0 amide bonds. The lowest BCUT2D eigenvalue weighted by Gasteiger charge is -2.19. The molecule has 16 heteroatoms. The molecule has 2 aromatic rings. The van der Waals surface area contributed by atoms with Crippen molar-refractivity contribution in [3.05, 3.63) is 11.5 Å². The van der Waals surface area contributed by atoms with Crippen LogP contribution in [0.3, 0.4) is 0 Å². The summed E-state index contributed by atoms with van der Waals surface area (Å²) in [6.07, 6.45) is -0.377. The molecule has 2 aliphatic rings. The lowest BCUT2D eigenvalue weighted by Crippen LogP contribution is -2.37. The van der Waals surface area contributed by atoms with Crippen LogP contribution in [0.2, 0.25) is 5.28 Å². The van der Waals surface area contributed by atoms with Gasteiger partial charge in [0.25, 0.3) is 0 Å². The molecular weight excluding hydrogens is 501 g/mol. The predicted molar refractivity (Wildman–Crippen MR) is 117 cm³/mol. The molecule has 0 unspecified atom stereocenters. The zero-order valence-corrected chi connectivity index (χ0v) is 20.0. The number of aliphatic hydroxyl groups is 2. The number of anilines is 1. The number of sulfone groups is 1. The Labute approximate surface area is 194 Å². The van der Waals surface area contributed by atoms with Gasteiger partial charge >= 0.3 is 7.60 Å². The Hall–Kier alpha value is -1.38. The highest BCUT2D eigenvalue weighted by Crippen LogP contribution is 2.45. The second-order valence-corrected chi connectivity index (χ2v) is 13.4. The summed E-state index contributed by atoms with van der Waals surface area (Å²) in [5, 5.41) is 28.9. The number of aromatic nitrogens is 4. The van der Waals surface area contributed by atoms with Gasteiger partial charge in [0.05, 0.1) is 17.3 Å². The SMILES string of the molecule is C[C@H](P(=O)(O)O)S(=O)(=O)C[C@H]1O[C@@H](n2ncc3c(NC4CCCC4)nc(Cl)nc32)[C@H](O)[C@@H]1O. The Morgan fingerprint density at radius 1 is 1.27 bits per heavy atom. The maximum Gasteiger partial charge on any atom is 0.343 e. The van der Waals surface area contributed by atoms with Gasteiger partial charge in [-0.1, -0.05) is 12.8 Å². The molecule has 4 rings (SSSR count). The molecule has 1 saturated heterocycles. The number of hydrogen-bond acceptors (Lipinski definition) is 10. The molecule has 184 valence electrons. The molecule has 13 nitrogen and oxygen atoms in total. The monoisotopic (exact) mass is 525 g/mol. The summed E-state index contributed by atoms with van der Waals surface area (Å²) < 4.78 is 43.0. The van der Waals surface area contributed by atoms with E-state index in [0.717, 1.165) is 32.6 Å². The molecule has 1 saturated carbocycles. The first-order valence-corrected chi connectivity index (χ1v) is 14.1. The first kappa shape index (κ1) is 24.7. The molecule has 0 spiro atoms. The summed E-state index contributed by atoms with van der Waals surface area (Å²) in [6, 6.07) is 0.225. The van der Waals surface area contributed by atoms with Crippen LogP contribution in [0.15, 0.2) is 6.20 Å². The fraction of sp³-hybridized carbons (Fsp3) is 0.706. The minimum atomic E-state index is -4.93. The number of rotatable bonds is 7. The van der Waals surface area contributed by atoms with Gasteiger partial charge in [-0.3, -0.25) is 4.57 Å². The minimum absolute atomic E-state index is 0.0765. The summed E-state index contributed by atoms with van der Waals surface area (Å²) in [6.45, 7) is 0.879. The van der Waals surface area contributed by atoms with Crippen molar-refractivity contribution in [2.45, 2.75) is 68.2 Å². The molecule has 2 fully saturated rings. The summed E-state index contributed by atoms with van der Waals surface area (Å²) in [7, 11) is -9.30. The van der Waals surface area contributed by atoms with E-state index in [1.165, 1.54) is 10.9 Å². The molecule has 33 heavy (non-hydrogen) atoms. The number of halogens is 1. The maximum absolute atomic E-state index is 12.4. The third kappa shape index (κ3) is 4.89. The van der Waals surface area contributed by atoms with E-state index in [0.29, 0.717) is 11.2 Å². The van der Waals surface area contributed by atoms with Gasteiger partial charge in [-0.05, 0) is 31.4 Å². The van der Waals surface area contributed by atoms with E-state index in [9.17, 15) is 33.0 Å². The molecule has 1 aliphatic carbocycles. The van der Waals surface area contributed by atoms with Gasteiger partial charge in [0.2, 0.25) is 5.28 Å². The summed E-state index contributed by atoms with van der Waals surface area (Å²) in [4.78, 5) is 24.8. The molecule has 0 bridgehead atoms. The van der Waals surface area contributed by atoms with Gasteiger partial charge in [-0.2, -0.15) is 15.1 Å². The van der Waals surface area contributed by atoms with E-state index < -0.39 is 52.7 Å². The highest BCUT2D eigenvalue weighted by molar-refractivity contribution is 7.98. The van der Waals surface area contributed by atoms with E-state index in [1.807, 2.05) is 0 Å². The van der Waals surface area contributed by atoms with Crippen molar-refractivity contribution >= 4 is 45.9 Å². The van der Waals surface area contributed by atoms with Crippen LogP contribution in [0.1, 0.15) is 38.8 Å². The third-order valence-corrected chi connectivity index (χ3v) is 10.8. The van der Waals surface area contributed by atoms with E-state index >= 15 is 0 Å². The standard InChI is InChI=1S/C17H25ClN5O8PS/c1-8(32(26,27)28)33(29,30)7-11-12(24)13(25)16(31-11)23-15-10(6-19-23)14(21-17(18)22-15)20-9-4-2-3-5-9/h6,8-9,11-13,16,24-25H,2-5,7H2,1H3,(H,20,21,22)(H2,26,27,28)/t8-,11-,12-,13-,16-/m1/s1. The van der Waals surface area contributed by atoms with Gasteiger partial charge in [0.15, 0.2) is 26.7 Å². The number of hydrogen-bond donors (Lipinski definition) is 5. The predicted octanol–water partition coefficient (Wildman–Crippen LogP) is 0.392. The van der Waals surface area contributed by atoms with Crippen LogP contribution in [-0.2, 0) is 19.1 Å². The van der Waals surface area contributed by atoms with Crippen LogP contribution in [0.25, 0.3) is 11.0 Å². The zero-order chi connectivity index (χ0) is 24.1. The Bertz CT molecular complexity index is 1180. The number of fused-ring (bicyclic) bond motifs is 1. The molecule has 3 heterocycles. The van der Waals surface area contributed by atoms with Crippen molar-refractivity contribution in [3.63, 3.8) is 0 Å². The van der Waals surface area contributed by atoms with Crippen molar-refractivity contribution in [1.29, 1.82) is 0 Å². The van der Waals surface area contributed by atoms with Crippen molar-refractivity contribution < 1.29 is 37.7 Å². The highest BCUT2D eigenvalue weighted by Gasteiger charge is 2.48. The molecule has 5 atom stereocenters. The molecule has 0 radical (unpaired) electrons. The molecular formula is C17H25ClN5O8PS. The van der Waals surface area contributed by atoms with Gasteiger partial charge in [0.1, 0.15) is 24.1 Å². The normalized spacial score (nSPS) is 27.9. The average molecular weight is 526 g/mol. The van der Waals surface area contributed by atoms with Crippen molar-refractivity contribution in [2.75, 3.05) is 11.1 Å². The quantitative estimate of drug-likeness (QED) is 0.246. The Balaban J connectivity index is 1.61. The molecule has 0 aromatic carbocycles. The molecule has 2 aromatic heterocycles. The summed E-state index contributed by atoms with van der Waals surface area (Å²) >= 11 is 6.09. The van der Waals surface area contributed by atoms with Gasteiger partial charge in [0, 0.05) is 6.04 Å². The fourth-order valence-electron chi connectivity index (χ4n) is 4.11. The minimum Gasteiger partial charge on any atom is -0.387 e. The van der Waals surface area contributed by atoms with E-state index in [4.69, 9.17) is 16.3 Å².